The molecule has 3 aromatic rings. The zero-order chi connectivity index (χ0) is 19.2. The van der Waals surface area contributed by atoms with Gasteiger partial charge in [-0.3, -0.25) is 9.59 Å². The summed E-state index contributed by atoms with van der Waals surface area (Å²) in [4.78, 5) is 34.9. The summed E-state index contributed by atoms with van der Waals surface area (Å²) in [6.07, 6.45) is 0.664. The smallest absolute Gasteiger partial charge is 0.377 e. The SMILES string of the molecule is O=CN(CCOc1ccc2ccccc2c1)c1ccc(C(=O)C(=O)O)cc1. The number of carbonyl (C=O) groups excluding carboxylic acids is 2. The van der Waals surface area contributed by atoms with Gasteiger partial charge >= 0.3 is 5.97 Å². The van der Waals surface area contributed by atoms with Crippen LogP contribution in [0.2, 0.25) is 0 Å². The molecule has 0 aliphatic carbocycles. The van der Waals surface area contributed by atoms with Crippen molar-refractivity contribution in [3.05, 3.63) is 72.3 Å². The number of hydrogen-bond donors (Lipinski definition) is 1. The molecule has 3 rings (SSSR count). The number of carboxylic acid groups (broad SMARTS) is 1. The van der Waals surface area contributed by atoms with Crippen LogP contribution in [0.25, 0.3) is 10.8 Å². The van der Waals surface area contributed by atoms with E-state index in [2.05, 4.69) is 0 Å². The van der Waals surface area contributed by atoms with E-state index in [9.17, 15) is 14.4 Å². The predicted molar refractivity (Wildman–Crippen MR) is 101 cm³/mol. The van der Waals surface area contributed by atoms with Crippen molar-refractivity contribution in [1.82, 2.24) is 0 Å². The van der Waals surface area contributed by atoms with E-state index in [4.69, 9.17) is 9.84 Å². The number of anilines is 1. The summed E-state index contributed by atoms with van der Waals surface area (Å²) in [7, 11) is 0. The van der Waals surface area contributed by atoms with Crippen molar-refractivity contribution in [3.63, 3.8) is 0 Å². The first kappa shape index (κ1) is 18.1. The molecule has 0 aliphatic heterocycles. The van der Waals surface area contributed by atoms with E-state index < -0.39 is 11.8 Å². The number of hydrogen-bond acceptors (Lipinski definition) is 4. The molecule has 1 N–H and O–H groups in total. The van der Waals surface area contributed by atoms with Gasteiger partial charge in [0, 0.05) is 11.3 Å². The third-order valence-electron chi connectivity index (χ3n) is 4.10. The highest BCUT2D eigenvalue weighted by atomic mass is 16.5. The molecule has 3 aromatic carbocycles. The number of aliphatic carboxylic acids is 1. The summed E-state index contributed by atoms with van der Waals surface area (Å²) in [5, 5.41) is 10.9. The molecule has 0 heterocycles. The van der Waals surface area contributed by atoms with Crippen molar-refractivity contribution in [1.29, 1.82) is 0 Å². The first-order valence-electron chi connectivity index (χ1n) is 8.30. The molecule has 0 atom stereocenters. The van der Waals surface area contributed by atoms with Gasteiger partial charge in [0.15, 0.2) is 0 Å². The minimum atomic E-state index is -1.52. The Balaban J connectivity index is 1.62. The fraction of sp³-hybridized carbons (Fsp3) is 0.0952. The maximum absolute atomic E-state index is 11.4. The lowest BCUT2D eigenvalue weighted by molar-refractivity contribution is -0.131. The van der Waals surface area contributed by atoms with Gasteiger partial charge in [-0.25, -0.2) is 4.79 Å². The van der Waals surface area contributed by atoms with Crippen LogP contribution in [0.3, 0.4) is 0 Å². The first-order valence-corrected chi connectivity index (χ1v) is 8.30. The van der Waals surface area contributed by atoms with E-state index in [0.717, 1.165) is 10.8 Å². The second kappa shape index (κ2) is 8.14. The van der Waals surface area contributed by atoms with E-state index >= 15 is 0 Å². The summed E-state index contributed by atoms with van der Waals surface area (Å²) >= 11 is 0. The Kier molecular flexibility index (Phi) is 5.47. The average molecular weight is 363 g/mol. The van der Waals surface area contributed by atoms with Crippen molar-refractivity contribution < 1.29 is 24.2 Å². The Hall–Kier alpha value is -3.67. The van der Waals surface area contributed by atoms with E-state index in [1.54, 1.807) is 0 Å². The molecule has 6 heteroatoms. The lowest BCUT2D eigenvalue weighted by Gasteiger charge is -2.18. The Morgan fingerprint density at radius 2 is 1.67 bits per heavy atom. The largest absolute Gasteiger partial charge is 0.492 e. The third-order valence-corrected chi connectivity index (χ3v) is 4.10. The lowest BCUT2D eigenvalue weighted by Crippen LogP contribution is -2.26. The van der Waals surface area contributed by atoms with Crippen LogP contribution in [0.1, 0.15) is 10.4 Å². The molecule has 0 saturated carbocycles. The fourth-order valence-electron chi connectivity index (χ4n) is 2.69. The van der Waals surface area contributed by atoms with Gasteiger partial charge in [0.2, 0.25) is 6.41 Å². The molecule has 0 radical (unpaired) electrons. The van der Waals surface area contributed by atoms with Crippen molar-refractivity contribution in [2.75, 3.05) is 18.1 Å². The van der Waals surface area contributed by atoms with E-state index in [0.29, 0.717) is 24.4 Å². The number of fused-ring (bicyclic) bond motifs is 1. The van der Waals surface area contributed by atoms with Gasteiger partial charge in [0.1, 0.15) is 12.4 Å². The number of carbonyl (C=O) groups is 3. The highest BCUT2D eigenvalue weighted by Gasteiger charge is 2.15. The fourth-order valence-corrected chi connectivity index (χ4v) is 2.69. The second-order valence-corrected chi connectivity index (χ2v) is 5.84. The van der Waals surface area contributed by atoms with Gasteiger partial charge in [-0.1, -0.05) is 30.3 Å². The predicted octanol–water partition coefficient (Wildman–Crippen LogP) is 3.15. The molecular weight excluding hydrogens is 346 g/mol. The molecular formula is C21H17NO5. The van der Waals surface area contributed by atoms with Gasteiger partial charge in [-0.05, 0) is 47.2 Å². The summed E-state index contributed by atoms with van der Waals surface area (Å²) in [5.74, 6) is -1.79. The number of amides is 1. The summed E-state index contributed by atoms with van der Waals surface area (Å²) in [6.45, 7) is 0.593. The van der Waals surface area contributed by atoms with Crippen molar-refractivity contribution in [2.24, 2.45) is 0 Å². The first-order chi connectivity index (χ1) is 13.1. The number of rotatable bonds is 8. The standard InChI is InChI=1S/C21H17NO5/c23-14-22(18-8-5-16(6-9-18)20(24)21(25)26)11-12-27-19-10-7-15-3-1-2-4-17(15)13-19/h1-10,13-14H,11-12H2,(H,25,26). The van der Waals surface area contributed by atoms with Gasteiger partial charge < -0.3 is 14.7 Å². The number of nitrogens with zero attached hydrogens (tertiary/aromatic N) is 1. The number of ketones is 1. The molecule has 136 valence electrons. The van der Waals surface area contributed by atoms with Crippen LogP contribution in [0.5, 0.6) is 5.75 Å². The lowest BCUT2D eigenvalue weighted by atomic mass is 10.1. The Morgan fingerprint density at radius 1 is 0.963 bits per heavy atom. The normalized spacial score (nSPS) is 10.4. The number of ether oxygens (including phenoxy) is 1. The zero-order valence-corrected chi connectivity index (χ0v) is 14.4. The highest BCUT2D eigenvalue weighted by molar-refractivity contribution is 6.39. The molecule has 0 spiro atoms. The minimum absolute atomic E-state index is 0.0597. The van der Waals surface area contributed by atoms with Crippen LogP contribution < -0.4 is 9.64 Å². The Morgan fingerprint density at radius 3 is 2.33 bits per heavy atom. The van der Waals surface area contributed by atoms with Crippen molar-refractivity contribution in [3.8, 4) is 5.75 Å². The molecule has 1 amide bonds. The van der Waals surface area contributed by atoms with Gasteiger partial charge in [-0.15, -0.1) is 0 Å². The third kappa shape index (κ3) is 4.30. The van der Waals surface area contributed by atoms with E-state index in [1.807, 2.05) is 42.5 Å². The molecule has 0 fully saturated rings. The topological polar surface area (TPSA) is 83.9 Å². The van der Waals surface area contributed by atoms with Crippen molar-refractivity contribution >= 4 is 34.6 Å². The van der Waals surface area contributed by atoms with E-state index in [1.165, 1.54) is 29.2 Å². The molecule has 0 bridgehead atoms. The number of carboxylic acids is 1. The van der Waals surface area contributed by atoms with Crippen LogP contribution in [0.15, 0.2) is 66.7 Å². The number of Topliss-reactive ketones (excluding diaryl/α,β-unsaturated/α-hetero) is 1. The molecule has 0 aromatic heterocycles. The van der Waals surface area contributed by atoms with E-state index in [-0.39, 0.29) is 12.2 Å². The quantitative estimate of drug-likeness (QED) is 0.378. The molecule has 0 unspecified atom stereocenters. The summed E-state index contributed by atoms with van der Waals surface area (Å²) < 4.78 is 5.73. The van der Waals surface area contributed by atoms with Crippen molar-refractivity contribution in [2.45, 2.75) is 0 Å². The van der Waals surface area contributed by atoms with Crippen LogP contribution >= 0.6 is 0 Å². The molecule has 0 aliphatic rings. The molecule has 6 nitrogen and oxygen atoms in total. The summed E-state index contributed by atoms with van der Waals surface area (Å²) in [5.41, 5.74) is 0.610. The van der Waals surface area contributed by atoms with Crippen LogP contribution in [0.4, 0.5) is 5.69 Å². The maximum Gasteiger partial charge on any atom is 0.377 e. The number of benzene rings is 3. The summed E-state index contributed by atoms with van der Waals surface area (Å²) in [6, 6.07) is 19.6. The molecule has 27 heavy (non-hydrogen) atoms. The molecule has 0 saturated heterocycles. The van der Waals surface area contributed by atoms with Gasteiger partial charge in [-0.2, -0.15) is 0 Å². The van der Waals surface area contributed by atoms with Crippen LogP contribution in [-0.2, 0) is 9.59 Å². The highest BCUT2D eigenvalue weighted by Crippen LogP contribution is 2.21. The second-order valence-electron chi connectivity index (χ2n) is 5.84. The van der Waals surface area contributed by atoms with Crippen LogP contribution in [-0.4, -0.2) is 36.4 Å². The van der Waals surface area contributed by atoms with Gasteiger partial charge in [0.05, 0.1) is 6.54 Å². The monoisotopic (exact) mass is 363 g/mol. The minimum Gasteiger partial charge on any atom is -0.492 e. The zero-order valence-electron chi connectivity index (χ0n) is 14.4. The van der Waals surface area contributed by atoms with Gasteiger partial charge in [0.25, 0.3) is 5.78 Å². The average Bonchev–Trinajstić information content (AvgIpc) is 2.70. The Labute approximate surface area is 155 Å². The van der Waals surface area contributed by atoms with Crippen LogP contribution in [0, 0.1) is 0 Å². The maximum atomic E-state index is 11.4. The Bertz CT molecular complexity index is 981.